The zero-order valence-corrected chi connectivity index (χ0v) is 17.4. The lowest BCUT2D eigenvalue weighted by atomic mass is 10.2. The highest BCUT2D eigenvalue weighted by atomic mass is 32.2. The number of benzene rings is 2. The number of thiazole rings is 1. The van der Waals surface area contributed by atoms with Gasteiger partial charge in [0.1, 0.15) is 0 Å². The summed E-state index contributed by atoms with van der Waals surface area (Å²) in [7, 11) is 0. The first kappa shape index (κ1) is 19.9. The third-order valence-corrected chi connectivity index (χ3v) is 5.99. The van der Waals surface area contributed by atoms with Gasteiger partial charge in [-0.1, -0.05) is 42.5 Å². The lowest BCUT2D eigenvalue weighted by molar-refractivity contribution is -0.121. The van der Waals surface area contributed by atoms with Gasteiger partial charge in [0.05, 0.1) is 10.6 Å². The third kappa shape index (κ3) is 4.14. The van der Waals surface area contributed by atoms with Crippen LogP contribution in [0.5, 0.6) is 11.5 Å². The molecule has 8 heteroatoms. The van der Waals surface area contributed by atoms with Crippen LogP contribution < -0.4 is 0 Å². The van der Waals surface area contributed by atoms with Crippen LogP contribution in [0.15, 0.2) is 76.5 Å². The number of nitrogens with zero attached hydrogens (tertiary/aromatic N) is 3. The number of rotatable bonds is 5. The molecule has 0 unspecified atom stereocenters. The second-order valence-electron chi connectivity index (χ2n) is 6.34. The van der Waals surface area contributed by atoms with E-state index >= 15 is 0 Å². The molecule has 0 radical (unpaired) electrons. The quantitative estimate of drug-likeness (QED) is 0.334. The minimum atomic E-state index is -0.243. The standard InChI is InChI=1S/C22H17N3O3S2/c1-2-10-25-20(28)19(12-14-8-9-17(26)18(27)11-14)30-22(25)24-21-23-16(13-29-21)15-6-4-3-5-7-15/h2-9,11-13,26-27H,1,10H2/b19-12-,24-22+. The second-order valence-corrected chi connectivity index (χ2v) is 8.18. The molecule has 6 nitrogen and oxygen atoms in total. The van der Waals surface area contributed by atoms with Crippen molar-refractivity contribution in [1.82, 2.24) is 9.88 Å². The van der Waals surface area contributed by atoms with Gasteiger partial charge in [0.25, 0.3) is 5.91 Å². The topological polar surface area (TPSA) is 86.0 Å². The molecule has 1 aliphatic heterocycles. The molecule has 2 heterocycles. The summed E-state index contributed by atoms with van der Waals surface area (Å²) in [4.78, 5) is 24.0. The minimum Gasteiger partial charge on any atom is -0.504 e. The number of amides is 1. The average molecular weight is 436 g/mol. The van der Waals surface area contributed by atoms with Gasteiger partial charge in [-0.25, -0.2) is 4.98 Å². The van der Waals surface area contributed by atoms with Crippen molar-refractivity contribution < 1.29 is 15.0 Å². The summed E-state index contributed by atoms with van der Waals surface area (Å²) >= 11 is 2.64. The molecule has 0 saturated carbocycles. The molecule has 2 N–H and O–H groups in total. The number of aromatic hydroxyl groups is 2. The van der Waals surface area contributed by atoms with Gasteiger partial charge in [-0.05, 0) is 35.5 Å². The first-order chi connectivity index (χ1) is 14.5. The highest BCUT2D eigenvalue weighted by Gasteiger charge is 2.33. The molecule has 2 aromatic carbocycles. The maximum atomic E-state index is 12.9. The Balaban J connectivity index is 1.64. The largest absolute Gasteiger partial charge is 0.504 e. The number of carbonyl (C=O) groups excluding carboxylic acids is 1. The predicted molar refractivity (Wildman–Crippen MR) is 122 cm³/mol. The van der Waals surface area contributed by atoms with Gasteiger partial charge in [-0.15, -0.1) is 17.9 Å². The van der Waals surface area contributed by atoms with E-state index in [0.29, 0.717) is 27.3 Å². The maximum absolute atomic E-state index is 12.9. The van der Waals surface area contributed by atoms with Gasteiger partial charge in [0.2, 0.25) is 5.13 Å². The van der Waals surface area contributed by atoms with Crippen molar-refractivity contribution in [3.8, 4) is 22.8 Å². The van der Waals surface area contributed by atoms with Crippen molar-refractivity contribution in [3.05, 3.63) is 77.0 Å². The fraction of sp³-hybridized carbons (Fsp3) is 0.0455. The fourth-order valence-electron chi connectivity index (χ4n) is 2.80. The SMILES string of the molecule is C=CCN1C(=O)/C(=C/c2ccc(O)c(O)c2)S/C1=N/c1nc(-c2ccccc2)cs1. The van der Waals surface area contributed by atoms with E-state index in [4.69, 9.17) is 0 Å². The first-order valence-corrected chi connectivity index (χ1v) is 10.7. The molecule has 0 bridgehead atoms. The molecule has 3 aromatic rings. The molecule has 1 amide bonds. The van der Waals surface area contributed by atoms with Crippen LogP contribution in [0.3, 0.4) is 0 Å². The van der Waals surface area contributed by atoms with Crippen molar-refractivity contribution in [1.29, 1.82) is 0 Å². The second kappa shape index (κ2) is 8.56. The molecule has 30 heavy (non-hydrogen) atoms. The number of hydrogen-bond acceptors (Lipinski definition) is 7. The number of phenols is 2. The van der Waals surface area contributed by atoms with Gasteiger partial charge in [-0.2, -0.15) is 4.99 Å². The number of amidine groups is 1. The summed E-state index contributed by atoms with van der Waals surface area (Å²) in [5.41, 5.74) is 2.44. The van der Waals surface area contributed by atoms with Gasteiger partial charge >= 0.3 is 0 Å². The highest BCUT2D eigenvalue weighted by molar-refractivity contribution is 8.18. The van der Waals surface area contributed by atoms with E-state index in [0.717, 1.165) is 11.3 Å². The van der Waals surface area contributed by atoms with E-state index < -0.39 is 0 Å². The van der Waals surface area contributed by atoms with Gasteiger partial charge in [-0.3, -0.25) is 9.69 Å². The average Bonchev–Trinajstić information content (AvgIpc) is 3.32. The Hall–Kier alpha value is -3.36. The van der Waals surface area contributed by atoms with Crippen molar-refractivity contribution >= 4 is 45.4 Å². The molecule has 1 fully saturated rings. The molecule has 0 atom stereocenters. The number of thioether (sulfide) groups is 1. The Kier molecular flexibility index (Phi) is 5.69. The van der Waals surface area contributed by atoms with Crippen molar-refractivity contribution in [2.24, 2.45) is 4.99 Å². The van der Waals surface area contributed by atoms with E-state index in [1.165, 1.54) is 40.1 Å². The van der Waals surface area contributed by atoms with Gasteiger partial charge in [0, 0.05) is 17.5 Å². The summed E-state index contributed by atoms with van der Waals surface area (Å²) in [6.45, 7) is 4.04. The van der Waals surface area contributed by atoms with Crippen molar-refractivity contribution in [2.45, 2.75) is 0 Å². The highest BCUT2D eigenvalue weighted by Crippen LogP contribution is 2.36. The Morgan fingerprint density at radius 2 is 1.93 bits per heavy atom. The number of aliphatic imine (C=N–C) groups is 1. The monoisotopic (exact) mass is 435 g/mol. The molecule has 4 rings (SSSR count). The Morgan fingerprint density at radius 3 is 2.67 bits per heavy atom. The zero-order valence-electron chi connectivity index (χ0n) is 15.7. The van der Waals surface area contributed by atoms with Crippen LogP contribution in [0.4, 0.5) is 5.13 Å². The van der Waals surface area contributed by atoms with Crippen LogP contribution in [0, 0.1) is 0 Å². The molecular formula is C22H17N3O3S2. The van der Waals surface area contributed by atoms with Crippen LogP contribution in [0.25, 0.3) is 17.3 Å². The molecule has 0 spiro atoms. The number of phenolic OH excluding ortho intramolecular Hbond substituents is 2. The molecule has 1 aliphatic rings. The van der Waals surface area contributed by atoms with Crippen LogP contribution in [0.1, 0.15) is 5.56 Å². The van der Waals surface area contributed by atoms with Crippen LogP contribution in [-0.4, -0.2) is 37.7 Å². The smallest absolute Gasteiger partial charge is 0.267 e. The summed E-state index contributed by atoms with van der Waals surface area (Å²) in [5.74, 6) is -0.657. The number of carbonyl (C=O) groups is 1. The predicted octanol–water partition coefficient (Wildman–Crippen LogP) is 5.01. The Bertz CT molecular complexity index is 1170. The zero-order chi connectivity index (χ0) is 21.1. The van der Waals surface area contributed by atoms with Crippen LogP contribution >= 0.6 is 23.1 Å². The Labute approximate surface area is 181 Å². The summed E-state index contributed by atoms with van der Waals surface area (Å²) in [6, 6.07) is 14.2. The number of hydrogen-bond donors (Lipinski definition) is 2. The molecule has 150 valence electrons. The van der Waals surface area contributed by atoms with Crippen molar-refractivity contribution in [2.75, 3.05) is 6.54 Å². The Morgan fingerprint density at radius 1 is 1.13 bits per heavy atom. The normalized spacial score (nSPS) is 16.5. The van der Waals surface area contributed by atoms with Crippen molar-refractivity contribution in [3.63, 3.8) is 0 Å². The van der Waals surface area contributed by atoms with Crippen LogP contribution in [0.2, 0.25) is 0 Å². The summed E-state index contributed by atoms with van der Waals surface area (Å²) in [6.07, 6.45) is 3.29. The van der Waals surface area contributed by atoms with Gasteiger partial charge in [0.15, 0.2) is 16.7 Å². The molecule has 1 saturated heterocycles. The van der Waals surface area contributed by atoms with E-state index in [9.17, 15) is 15.0 Å². The first-order valence-electron chi connectivity index (χ1n) is 8.99. The summed E-state index contributed by atoms with van der Waals surface area (Å²) in [5, 5.41) is 22.2. The van der Waals surface area contributed by atoms with E-state index in [1.54, 1.807) is 18.2 Å². The summed E-state index contributed by atoms with van der Waals surface area (Å²) < 4.78 is 0. The lowest BCUT2D eigenvalue weighted by Crippen LogP contribution is -2.29. The van der Waals surface area contributed by atoms with E-state index in [2.05, 4.69) is 16.6 Å². The number of aromatic nitrogens is 1. The third-order valence-electron chi connectivity index (χ3n) is 4.25. The lowest BCUT2D eigenvalue weighted by Gasteiger charge is -2.11. The maximum Gasteiger partial charge on any atom is 0.267 e. The molecule has 1 aromatic heterocycles. The molecule has 0 aliphatic carbocycles. The van der Waals surface area contributed by atoms with E-state index in [-0.39, 0.29) is 17.4 Å². The minimum absolute atomic E-state index is 0.203. The fourth-order valence-corrected chi connectivity index (χ4v) is 4.54. The van der Waals surface area contributed by atoms with Crippen LogP contribution in [-0.2, 0) is 4.79 Å². The van der Waals surface area contributed by atoms with E-state index in [1.807, 2.05) is 35.7 Å². The molecular weight excluding hydrogens is 418 g/mol. The van der Waals surface area contributed by atoms with Gasteiger partial charge < -0.3 is 10.2 Å².